The van der Waals surface area contributed by atoms with Crippen molar-refractivity contribution >= 4 is 23.6 Å². The molecule has 1 saturated carbocycles. The molecule has 0 unspecified atom stereocenters. The van der Waals surface area contributed by atoms with Gasteiger partial charge in [-0.2, -0.15) is 0 Å². The smallest absolute Gasteiger partial charge is 0.252 e. The van der Waals surface area contributed by atoms with Crippen molar-refractivity contribution < 1.29 is 9.59 Å². The van der Waals surface area contributed by atoms with Crippen LogP contribution in [0, 0.1) is 0 Å². The van der Waals surface area contributed by atoms with E-state index in [0.717, 1.165) is 24.2 Å². The first-order valence-electron chi connectivity index (χ1n) is 8.77. The molecule has 1 aliphatic rings. The molecule has 1 aromatic carbocycles. The Morgan fingerprint density at radius 1 is 1.16 bits per heavy atom. The van der Waals surface area contributed by atoms with Gasteiger partial charge in [0.1, 0.15) is 0 Å². The van der Waals surface area contributed by atoms with E-state index in [1.807, 2.05) is 24.3 Å². The Bertz CT molecular complexity index is 604. The third-order valence-electron chi connectivity index (χ3n) is 4.69. The molecule has 1 aliphatic carbocycles. The van der Waals surface area contributed by atoms with E-state index in [2.05, 4.69) is 24.3 Å². The van der Waals surface area contributed by atoms with E-state index in [4.69, 9.17) is 0 Å². The van der Waals surface area contributed by atoms with E-state index in [-0.39, 0.29) is 17.9 Å². The lowest BCUT2D eigenvalue weighted by Gasteiger charge is -2.33. The van der Waals surface area contributed by atoms with Crippen molar-refractivity contribution in [2.24, 2.45) is 0 Å². The Hall–Kier alpha value is -1.53. The Morgan fingerprint density at radius 2 is 1.88 bits per heavy atom. The van der Waals surface area contributed by atoms with Crippen LogP contribution in [0.5, 0.6) is 0 Å². The fourth-order valence-corrected chi connectivity index (χ4v) is 4.10. The first-order chi connectivity index (χ1) is 11.9. The van der Waals surface area contributed by atoms with Crippen molar-refractivity contribution in [1.29, 1.82) is 0 Å². The summed E-state index contributed by atoms with van der Waals surface area (Å²) in [5.41, 5.74) is 0.658. The molecule has 2 amide bonds. The minimum atomic E-state index is -0.0372. The zero-order valence-electron chi connectivity index (χ0n) is 15.6. The molecule has 0 aliphatic heterocycles. The first kappa shape index (κ1) is 19.8. The van der Waals surface area contributed by atoms with Gasteiger partial charge in [0.2, 0.25) is 5.91 Å². The van der Waals surface area contributed by atoms with Gasteiger partial charge in [0.05, 0.1) is 11.3 Å². The number of nitrogens with one attached hydrogen (secondary N) is 1. The average molecular weight is 364 g/mol. The maximum Gasteiger partial charge on any atom is 0.252 e. The maximum absolute atomic E-state index is 12.8. The highest BCUT2D eigenvalue weighted by Gasteiger charge is 2.25. The molecule has 2 rings (SSSR count). The summed E-state index contributed by atoms with van der Waals surface area (Å²) in [4.78, 5) is 29.2. The minimum Gasteiger partial charge on any atom is -0.349 e. The summed E-state index contributed by atoms with van der Waals surface area (Å²) in [5, 5.41) is 3.20. The zero-order valence-corrected chi connectivity index (χ0v) is 16.4. The lowest BCUT2D eigenvalue weighted by Crippen LogP contribution is -2.43. The quantitative estimate of drug-likeness (QED) is 0.789. The van der Waals surface area contributed by atoms with Crippen LogP contribution in [0.2, 0.25) is 0 Å². The second kappa shape index (κ2) is 9.25. The summed E-state index contributed by atoms with van der Waals surface area (Å²) in [6.07, 6.45) is 4.36. The maximum atomic E-state index is 12.8. The Labute approximate surface area is 155 Å². The van der Waals surface area contributed by atoms with Gasteiger partial charge in [0.25, 0.3) is 5.91 Å². The van der Waals surface area contributed by atoms with Crippen LogP contribution >= 0.6 is 11.8 Å². The highest BCUT2D eigenvalue weighted by molar-refractivity contribution is 8.00. The van der Waals surface area contributed by atoms with Crippen LogP contribution in [0.1, 0.15) is 36.0 Å². The monoisotopic (exact) mass is 363 g/mol. The minimum absolute atomic E-state index is 0.0372. The average Bonchev–Trinajstić information content (AvgIpc) is 2.59. The van der Waals surface area contributed by atoms with E-state index in [9.17, 15) is 9.59 Å². The van der Waals surface area contributed by atoms with Crippen molar-refractivity contribution in [3.63, 3.8) is 0 Å². The van der Waals surface area contributed by atoms with Crippen LogP contribution in [-0.4, -0.2) is 67.6 Å². The number of rotatable bonds is 6. The van der Waals surface area contributed by atoms with Gasteiger partial charge in [-0.15, -0.1) is 11.8 Å². The third-order valence-corrected chi connectivity index (χ3v) is 5.75. The summed E-state index contributed by atoms with van der Waals surface area (Å²) in [6.45, 7) is 0. The lowest BCUT2D eigenvalue weighted by atomic mass is 9.90. The SMILES string of the molecule is CN(C)C(=O)CSc1ccccc1C(=O)N[C@@H]1CCC[C@H](N(C)C)C1. The van der Waals surface area contributed by atoms with Crippen LogP contribution in [0.25, 0.3) is 0 Å². The van der Waals surface area contributed by atoms with Crippen LogP contribution < -0.4 is 5.32 Å². The van der Waals surface area contributed by atoms with Crippen molar-refractivity contribution in [2.75, 3.05) is 33.9 Å². The zero-order chi connectivity index (χ0) is 18.4. The topological polar surface area (TPSA) is 52.7 Å². The molecular formula is C19H29N3O2S. The number of benzene rings is 1. The molecule has 5 nitrogen and oxygen atoms in total. The molecule has 1 N–H and O–H groups in total. The Kier molecular flexibility index (Phi) is 7.32. The molecule has 25 heavy (non-hydrogen) atoms. The summed E-state index contributed by atoms with van der Waals surface area (Å²) >= 11 is 1.42. The van der Waals surface area contributed by atoms with Crippen molar-refractivity contribution in [2.45, 2.75) is 42.7 Å². The number of amides is 2. The van der Waals surface area contributed by atoms with Crippen LogP contribution in [0.3, 0.4) is 0 Å². The summed E-state index contributed by atoms with van der Waals surface area (Å²) in [7, 11) is 7.68. The molecule has 1 aromatic rings. The molecule has 1 fully saturated rings. The van der Waals surface area contributed by atoms with Gasteiger partial charge in [0.15, 0.2) is 0 Å². The van der Waals surface area contributed by atoms with Gasteiger partial charge in [-0.05, 0) is 51.9 Å². The van der Waals surface area contributed by atoms with Gasteiger partial charge in [0, 0.05) is 31.1 Å². The van der Waals surface area contributed by atoms with E-state index >= 15 is 0 Å². The molecule has 2 atom stereocenters. The number of nitrogens with zero attached hydrogens (tertiary/aromatic N) is 2. The molecule has 0 heterocycles. The molecule has 0 saturated heterocycles. The lowest BCUT2D eigenvalue weighted by molar-refractivity contribution is -0.125. The first-order valence-corrected chi connectivity index (χ1v) is 9.76. The number of hydrogen-bond donors (Lipinski definition) is 1. The number of carbonyl (C=O) groups is 2. The third kappa shape index (κ3) is 5.75. The second-order valence-electron chi connectivity index (χ2n) is 7.03. The largest absolute Gasteiger partial charge is 0.349 e. The van der Waals surface area contributed by atoms with Crippen molar-refractivity contribution in [3.05, 3.63) is 29.8 Å². The molecule has 0 spiro atoms. The summed E-state index contributed by atoms with van der Waals surface area (Å²) in [5.74, 6) is 0.342. The highest BCUT2D eigenvalue weighted by Crippen LogP contribution is 2.25. The Morgan fingerprint density at radius 3 is 2.56 bits per heavy atom. The predicted molar refractivity (Wildman–Crippen MR) is 103 cm³/mol. The van der Waals surface area contributed by atoms with E-state index in [1.165, 1.54) is 18.2 Å². The highest BCUT2D eigenvalue weighted by atomic mass is 32.2. The normalized spacial score (nSPS) is 20.4. The van der Waals surface area contributed by atoms with Crippen LogP contribution in [-0.2, 0) is 4.79 Å². The van der Waals surface area contributed by atoms with Gasteiger partial charge in [-0.3, -0.25) is 9.59 Å². The fourth-order valence-electron chi connectivity index (χ4n) is 3.08. The van der Waals surface area contributed by atoms with Gasteiger partial charge < -0.3 is 15.1 Å². The molecule has 0 bridgehead atoms. The number of hydrogen-bond acceptors (Lipinski definition) is 4. The molecule has 0 aromatic heterocycles. The molecule has 6 heteroatoms. The number of carbonyl (C=O) groups excluding carboxylic acids is 2. The van der Waals surface area contributed by atoms with Gasteiger partial charge in [-0.1, -0.05) is 12.1 Å². The van der Waals surface area contributed by atoms with Crippen molar-refractivity contribution in [3.8, 4) is 0 Å². The Balaban J connectivity index is 2.00. The second-order valence-corrected chi connectivity index (χ2v) is 8.04. The van der Waals surface area contributed by atoms with E-state index in [0.29, 0.717) is 17.4 Å². The molecular weight excluding hydrogens is 334 g/mol. The fraction of sp³-hybridized carbons (Fsp3) is 0.579. The standard InChI is InChI=1S/C19H29N3O2S/c1-21(2)15-9-7-8-14(12-15)20-19(24)16-10-5-6-11-17(16)25-13-18(23)22(3)4/h5-6,10-11,14-15H,7-9,12-13H2,1-4H3,(H,20,24)/t14-,15+/m1/s1. The van der Waals surface area contributed by atoms with E-state index < -0.39 is 0 Å². The van der Waals surface area contributed by atoms with E-state index in [1.54, 1.807) is 19.0 Å². The summed E-state index contributed by atoms with van der Waals surface area (Å²) in [6, 6.07) is 8.27. The summed E-state index contributed by atoms with van der Waals surface area (Å²) < 4.78 is 0. The molecule has 138 valence electrons. The predicted octanol–water partition coefficient (Wildman–Crippen LogP) is 2.47. The van der Waals surface area contributed by atoms with Crippen LogP contribution in [0.4, 0.5) is 0 Å². The van der Waals surface area contributed by atoms with Gasteiger partial charge in [-0.25, -0.2) is 0 Å². The molecule has 0 radical (unpaired) electrons. The van der Waals surface area contributed by atoms with Gasteiger partial charge >= 0.3 is 0 Å². The van der Waals surface area contributed by atoms with Crippen molar-refractivity contribution in [1.82, 2.24) is 15.1 Å². The van der Waals surface area contributed by atoms with Crippen LogP contribution in [0.15, 0.2) is 29.2 Å². The number of thioether (sulfide) groups is 1.